The van der Waals surface area contributed by atoms with Crippen LogP contribution in [0.2, 0.25) is 0 Å². The van der Waals surface area contributed by atoms with E-state index in [0.717, 1.165) is 25.7 Å². The van der Waals surface area contributed by atoms with Crippen LogP contribution in [-0.4, -0.2) is 18.9 Å². The van der Waals surface area contributed by atoms with Crippen LogP contribution in [0.4, 0.5) is 11.4 Å². The van der Waals surface area contributed by atoms with E-state index in [4.69, 9.17) is 10.5 Å². The van der Waals surface area contributed by atoms with E-state index in [9.17, 15) is 9.59 Å². The minimum Gasteiger partial charge on any atom is -0.495 e. The van der Waals surface area contributed by atoms with Gasteiger partial charge in [0.2, 0.25) is 11.8 Å². The summed E-state index contributed by atoms with van der Waals surface area (Å²) in [5.74, 6) is 0.109. The van der Waals surface area contributed by atoms with Crippen LogP contribution in [-0.2, 0) is 9.59 Å². The summed E-state index contributed by atoms with van der Waals surface area (Å²) in [7, 11) is 1.53. The van der Waals surface area contributed by atoms with Crippen molar-refractivity contribution in [1.82, 2.24) is 0 Å². The lowest BCUT2D eigenvalue weighted by atomic mass is 9.81. The number of nitrogens with zero attached hydrogens (tertiary/aromatic N) is 1. The predicted octanol–water partition coefficient (Wildman–Crippen LogP) is 1.96. The van der Waals surface area contributed by atoms with Crippen LogP contribution in [0.5, 0.6) is 5.75 Å². The third-order valence-electron chi connectivity index (χ3n) is 4.31. The van der Waals surface area contributed by atoms with Gasteiger partial charge in [0, 0.05) is 0 Å². The van der Waals surface area contributed by atoms with E-state index in [2.05, 4.69) is 0 Å². The van der Waals surface area contributed by atoms with Crippen molar-refractivity contribution >= 4 is 23.2 Å². The Balaban J connectivity index is 1.95. The highest BCUT2D eigenvalue weighted by atomic mass is 16.5. The molecule has 1 aromatic carbocycles. The highest BCUT2D eigenvalue weighted by molar-refractivity contribution is 6.22. The van der Waals surface area contributed by atoms with Gasteiger partial charge in [0.25, 0.3) is 0 Å². The molecule has 2 aliphatic rings. The molecule has 106 valence electrons. The van der Waals surface area contributed by atoms with Crippen LogP contribution < -0.4 is 15.4 Å². The Morgan fingerprint density at radius 2 is 1.75 bits per heavy atom. The second kappa shape index (κ2) is 4.81. The fraction of sp³-hybridized carbons (Fsp3) is 0.467. The number of rotatable bonds is 2. The normalized spacial score (nSPS) is 25.8. The summed E-state index contributed by atoms with van der Waals surface area (Å²) >= 11 is 0. The van der Waals surface area contributed by atoms with Crippen molar-refractivity contribution < 1.29 is 14.3 Å². The van der Waals surface area contributed by atoms with E-state index in [1.807, 2.05) is 0 Å². The summed E-state index contributed by atoms with van der Waals surface area (Å²) in [6.45, 7) is 0. The fourth-order valence-corrected chi connectivity index (χ4v) is 3.28. The third kappa shape index (κ3) is 1.85. The molecule has 1 aromatic rings. The summed E-state index contributed by atoms with van der Waals surface area (Å²) in [6.07, 6.45) is 3.69. The Kier molecular flexibility index (Phi) is 3.12. The van der Waals surface area contributed by atoms with Gasteiger partial charge >= 0.3 is 0 Å². The fourth-order valence-electron chi connectivity index (χ4n) is 3.28. The van der Waals surface area contributed by atoms with Crippen molar-refractivity contribution in [3.63, 3.8) is 0 Å². The zero-order valence-electron chi connectivity index (χ0n) is 11.5. The molecule has 2 amide bonds. The quantitative estimate of drug-likeness (QED) is 0.661. The van der Waals surface area contributed by atoms with Crippen molar-refractivity contribution in [1.29, 1.82) is 0 Å². The van der Waals surface area contributed by atoms with Crippen molar-refractivity contribution in [2.45, 2.75) is 25.7 Å². The number of ether oxygens (including phenoxy) is 1. The molecule has 20 heavy (non-hydrogen) atoms. The largest absolute Gasteiger partial charge is 0.495 e. The number of anilines is 2. The molecule has 1 saturated carbocycles. The van der Waals surface area contributed by atoms with Gasteiger partial charge in [-0.2, -0.15) is 0 Å². The summed E-state index contributed by atoms with van der Waals surface area (Å²) in [5.41, 5.74) is 6.84. The molecule has 1 heterocycles. The second-order valence-corrected chi connectivity index (χ2v) is 5.44. The van der Waals surface area contributed by atoms with Gasteiger partial charge in [-0.15, -0.1) is 0 Å². The molecular weight excluding hydrogens is 256 g/mol. The number of nitrogens with two attached hydrogens (primary N) is 1. The van der Waals surface area contributed by atoms with Gasteiger partial charge in [-0.05, 0) is 31.0 Å². The lowest BCUT2D eigenvalue weighted by molar-refractivity contribution is -0.122. The number of nitrogen functional groups attached to an aromatic ring is 1. The number of benzene rings is 1. The zero-order chi connectivity index (χ0) is 14.3. The maximum absolute atomic E-state index is 12.4. The maximum Gasteiger partial charge on any atom is 0.237 e. The first kappa shape index (κ1) is 13.0. The van der Waals surface area contributed by atoms with E-state index in [1.165, 1.54) is 12.0 Å². The molecule has 0 spiro atoms. The van der Waals surface area contributed by atoms with Crippen molar-refractivity contribution in [2.24, 2.45) is 11.8 Å². The minimum atomic E-state index is -0.139. The molecule has 0 aromatic heterocycles. The van der Waals surface area contributed by atoms with Gasteiger partial charge in [0.1, 0.15) is 5.75 Å². The van der Waals surface area contributed by atoms with Gasteiger partial charge < -0.3 is 10.5 Å². The molecule has 2 N–H and O–H groups in total. The molecule has 2 atom stereocenters. The number of imide groups is 1. The Labute approximate surface area is 117 Å². The predicted molar refractivity (Wildman–Crippen MR) is 75.3 cm³/mol. The molecule has 1 aliphatic heterocycles. The smallest absolute Gasteiger partial charge is 0.237 e. The average Bonchev–Trinajstić information content (AvgIpc) is 2.71. The molecule has 1 saturated heterocycles. The molecule has 3 rings (SSSR count). The van der Waals surface area contributed by atoms with E-state index >= 15 is 0 Å². The molecule has 0 radical (unpaired) electrons. The van der Waals surface area contributed by atoms with Gasteiger partial charge in [0.05, 0.1) is 30.3 Å². The average molecular weight is 274 g/mol. The van der Waals surface area contributed by atoms with Gasteiger partial charge in [-0.3, -0.25) is 9.59 Å². The number of carbonyl (C=O) groups excluding carboxylic acids is 2. The zero-order valence-corrected chi connectivity index (χ0v) is 11.5. The van der Waals surface area contributed by atoms with Crippen LogP contribution in [0.15, 0.2) is 18.2 Å². The molecular formula is C15H18N2O3. The SMILES string of the molecule is COc1ccc(N2C(=O)C3CCCCC3C2=O)cc1N. The number of carbonyl (C=O) groups is 2. The van der Waals surface area contributed by atoms with E-state index in [-0.39, 0.29) is 23.7 Å². The van der Waals surface area contributed by atoms with E-state index < -0.39 is 0 Å². The highest BCUT2D eigenvalue weighted by Crippen LogP contribution is 2.41. The van der Waals surface area contributed by atoms with Gasteiger partial charge in [-0.1, -0.05) is 12.8 Å². The molecule has 5 nitrogen and oxygen atoms in total. The van der Waals surface area contributed by atoms with Crippen molar-refractivity contribution in [3.05, 3.63) is 18.2 Å². The van der Waals surface area contributed by atoms with Crippen molar-refractivity contribution in [3.8, 4) is 5.75 Å². The lowest BCUT2D eigenvalue weighted by Crippen LogP contribution is -2.30. The number of hydrogen-bond acceptors (Lipinski definition) is 4. The van der Waals surface area contributed by atoms with Crippen LogP contribution in [0.1, 0.15) is 25.7 Å². The maximum atomic E-state index is 12.4. The molecule has 2 fully saturated rings. The summed E-state index contributed by atoms with van der Waals surface area (Å²) in [6, 6.07) is 5.03. The van der Waals surface area contributed by atoms with Crippen LogP contribution in [0.3, 0.4) is 0 Å². The first-order valence-corrected chi connectivity index (χ1v) is 6.95. The third-order valence-corrected chi connectivity index (χ3v) is 4.31. The van der Waals surface area contributed by atoms with E-state index in [0.29, 0.717) is 17.1 Å². The number of fused-ring (bicyclic) bond motifs is 1. The standard InChI is InChI=1S/C15H18N2O3/c1-20-13-7-6-9(8-12(13)16)17-14(18)10-4-2-3-5-11(10)15(17)19/h6-8,10-11H,2-5,16H2,1H3. The topological polar surface area (TPSA) is 72.6 Å². The van der Waals surface area contributed by atoms with Gasteiger partial charge in [-0.25, -0.2) is 4.90 Å². The van der Waals surface area contributed by atoms with Crippen LogP contribution in [0, 0.1) is 11.8 Å². The minimum absolute atomic E-state index is 0.0794. The Morgan fingerprint density at radius 1 is 1.15 bits per heavy atom. The molecule has 1 aliphatic carbocycles. The number of methoxy groups -OCH3 is 1. The number of hydrogen-bond donors (Lipinski definition) is 1. The van der Waals surface area contributed by atoms with E-state index in [1.54, 1.807) is 18.2 Å². The Morgan fingerprint density at radius 3 is 2.25 bits per heavy atom. The molecule has 2 unspecified atom stereocenters. The summed E-state index contributed by atoms with van der Waals surface area (Å²) < 4.78 is 5.10. The summed E-state index contributed by atoms with van der Waals surface area (Å²) in [4.78, 5) is 26.2. The van der Waals surface area contributed by atoms with Crippen molar-refractivity contribution in [2.75, 3.05) is 17.7 Å². The molecule has 5 heteroatoms. The second-order valence-electron chi connectivity index (χ2n) is 5.44. The molecule has 0 bridgehead atoms. The Hall–Kier alpha value is -2.04. The highest BCUT2D eigenvalue weighted by Gasteiger charge is 2.48. The first-order chi connectivity index (χ1) is 9.63. The monoisotopic (exact) mass is 274 g/mol. The lowest BCUT2D eigenvalue weighted by Gasteiger charge is -2.19. The number of amides is 2. The van der Waals surface area contributed by atoms with Crippen LogP contribution >= 0.6 is 0 Å². The van der Waals surface area contributed by atoms with Crippen LogP contribution in [0.25, 0.3) is 0 Å². The van der Waals surface area contributed by atoms with Gasteiger partial charge in [0.15, 0.2) is 0 Å². The first-order valence-electron chi connectivity index (χ1n) is 6.95. The Bertz CT molecular complexity index is 546. The summed E-state index contributed by atoms with van der Waals surface area (Å²) in [5, 5.41) is 0.